The Morgan fingerprint density at radius 2 is 2.00 bits per heavy atom. The Labute approximate surface area is 78.1 Å². The molecule has 4 atom stereocenters. The summed E-state index contributed by atoms with van der Waals surface area (Å²) < 4.78 is 4.76. The number of ether oxygens (including phenoxy) is 1. The van der Waals surface area contributed by atoms with Gasteiger partial charge in [-0.25, -0.2) is 0 Å². The number of carbonyl (C=O) groups is 1. The number of carbonyl (C=O) groups excluding carboxylic acids is 1. The third kappa shape index (κ3) is 1.46. The van der Waals surface area contributed by atoms with Crippen LogP contribution in [0, 0.1) is 17.8 Å². The Morgan fingerprint density at radius 1 is 1.31 bits per heavy atom. The summed E-state index contributed by atoms with van der Waals surface area (Å²) in [6.07, 6.45) is 3.63. The molecule has 0 aliphatic heterocycles. The molecule has 4 unspecified atom stereocenters. The lowest BCUT2D eigenvalue weighted by Crippen LogP contribution is -2.43. The van der Waals surface area contributed by atoms with Gasteiger partial charge in [0.25, 0.3) is 0 Å². The van der Waals surface area contributed by atoms with E-state index in [1.165, 1.54) is 7.11 Å². The Hall–Kier alpha value is -0.570. The molecule has 3 rings (SSSR count). The topological polar surface area (TPSA) is 46.5 Å². The van der Waals surface area contributed by atoms with Crippen LogP contribution in [0.4, 0.5) is 0 Å². The predicted octanol–water partition coefficient (Wildman–Crippen LogP) is 0.956. The van der Waals surface area contributed by atoms with E-state index in [9.17, 15) is 9.90 Å². The first kappa shape index (κ1) is 9.00. The van der Waals surface area contributed by atoms with Crippen molar-refractivity contribution in [3.05, 3.63) is 0 Å². The van der Waals surface area contributed by atoms with Crippen LogP contribution in [0.15, 0.2) is 0 Å². The molecular weight excluding hydrogens is 168 g/mol. The first-order valence-corrected chi connectivity index (χ1v) is 4.98. The van der Waals surface area contributed by atoms with Crippen LogP contribution in [0.25, 0.3) is 0 Å². The van der Waals surface area contributed by atoms with Crippen molar-refractivity contribution in [1.29, 1.82) is 0 Å². The second-order valence-electron chi connectivity index (χ2n) is 4.27. The fourth-order valence-electron chi connectivity index (χ4n) is 2.84. The van der Waals surface area contributed by atoms with Crippen molar-refractivity contribution < 1.29 is 14.6 Å². The molecule has 0 aromatic rings. The largest absolute Gasteiger partial charge is 0.469 e. The molecule has 1 N–H and O–H groups in total. The van der Waals surface area contributed by atoms with Gasteiger partial charge in [-0.3, -0.25) is 4.79 Å². The molecule has 74 valence electrons. The highest BCUT2D eigenvalue weighted by molar-refractivity contribution is 5.73. The molecule has 2 bridgehead atoms. The zero-order chi connectivity index (χ0) is 9.42. The molecule has 3 nitrogen and oxygen atoms in total. The number of aliphatic hydroxyl groups is 1. The Morgan fingerprint density at radius 3 is 2.46 bits per heavy atom. The van der Waals surface area contributed by atoms with Crippen LogP contribution in [0.5, 0.6) is 0 Å². The predicted molar refractivity (Wildman–Crippen MR) is 47.0 cm³/mol. The summed E-state index contributed by atoms with van der Waals surface area (Å²) in [5, 5.41) is 9.62. The summed E-state index contributed by atoms with van der Waals surface area (Å²) in [4.78, 5) is 11.4. The molecule has 0 spiro atoms. The number of fused-ring (bicyclic) bond motifs is 3. The van der Waals surface area contributed by atoms with Gasteiger partial charge >= 0.3 is 5.97 Å². The Kier molecular flexibility index (Phi) is 2.28. The van der Waals surface area contributed by atoms with Crippen molar-refractivity contribution in [3.63, 3.8) is 0 Å². The summed E-state index contributed by atoms with van der Waals surface area (Å²) in [5.74, 6) is 0.690. The molecule has 3 aliphatic carbocycles. The van der Waals surface area contributed by atoms with Gasteiger partial charge in [0.15, 0.2) is 0 Å². The maximum atomic E-state index is 11.4. The minimum atomic E-state index is -0.167. The minimum Gasteiger partial charge on any atom is -0.469 e. The lowest BCUT2D eigenvalue weighted by atomic mass is 9.63. The monoisotopic (exact) mass is 184 g/mol. The van der Waals surface area contributed by atoms with E-state index in [0.29, 0.717) is 11.8 Å². The Bertz CT molecular complexity index is 214. The fraction of sp³-hybridized carbons (Fsp3) is 0.900. The number of aliphatic hydroxyl groups excluding tert-OH is 1. The molecule has 3 fully saturated rings. The van der Waals surface area contributed by atoms with Crippen LogP contribution >= 0.6 is 0 Å². The van der Waals surface area contributed by atoms with Gasteiger partial charge in [-0.15, -0.1) is 0 Å². The van der Waals surface area contributed by atoms with Crippen LogP contribution in [-0.2, 0) is 9.53 Å². The van der Waals surface area contributed by atoms with E-state index < -0.39 is 0 Å². The molecule has 3 aliphatic rings. The molecular formula is C10H16O3. The van der Waals surface area contributed by atoms with Gasteiger partial charge in [0.1, 0.15) is 0 Å². The zero-order valence-corrected chi connectivity index (χ0v) is 7.90. The number of rotatable bonds is 1. The van der Waals surface area contributed by atoms with Gasteiger partial charge < -0.3 is 9.84 Å². The highest BCUT2D eigenvalue weighted by Crippen LogP contribution is 2.45. The van der Waals surface area contributed by atoms with Gasteiger partial charge in [0.05, 0.1) is 19.1 Å². The molecule has 0 aromatic carbocycles. The highest BCUT2D eigenvalue weighted by atomic mass is 16.5. The molecule has 3 saturated carbocycles. The van der Waals surface area contributed by atoms with E-state index in [1.54, 1.807) is 0 Å². The smallest absolute Gasteiger partial charge is 0.308 e. The van der Waals surface area contributed by atoms with Crippen molar-refractivity contribution >= 4 is 5.97 Å². The van der Waals surface area contributed by atoms with Crippen molar-refractivity contribution in [2.75, 3.05) is 7.11 Å². The Balaban J connectivity index is 2.06. The lowest BCUT2D eigenvalue weighted by molar-refractivity contribution is -0.154. The number of hydrogen-bond acceptors (Lipinski definition) is 3. The maximum absolute atomic E-state index is 11.4. The fourth-order valence-corrected chi connectivity index (χ4v) is 2.84. The van der Waals surface area contributed by atoms with E-state index in [-0.39, 0.29) is 18.0 Å². The molecule has 3 heteroatoms. The van der Waals surface area contributed by atoms with Crippen LogP contribution in [0.1, 0.15) is 25.7 Å². The number of hydrogen-bond donors (Lipinski definition) is 1. The van der Waals surface area contributed by atoms with E-state index in [1.807, 2.05) is 0 Å². The standard InChI is InChI=1S/C10H16O3/c1-13-10(12)8-4-7-3-2-6(8)5-9(7)11/h6-9,11H,2-5H2,1H3. The first-order valence-electron chi connectivity index (χ1n) is 4.98. The van der Waals surface area contributed by atoms with Crippen LogP contribution in [0.2, 0.25) is 0 Å². The summed E-state index contributed by atoms with van der Waals surface area (Å²) in [6, 6.07) is 0. The highest BCUT2D eigenvalue weighted by Gasteiger charge is 2.44. The van der Waals surface area contributed by atoms with E-state index in [4.69, 9.17) is 4.74 Å². The lowest BCUT2D eigenvalue weighted by Gasteiger charge is -2.43. The van der Waals surface area contributed by atoms with Gasteiger partial charge in [0.2, 0.25) is 0 Å². The van der Waals surface area contributed by atoms with Crippen molar-refractivity contribution in [2.45, 2.75) is 31.8 Å². The van der Waals surface area contributed by atoms with Crippen LogP contribution in [-0.4, -0.2) is 24.3 Å². The van der Waals surface area contributed by atoms with E-state index in [0.717, 1.165) is 25.7 Å². The summed E-state index contributed by atoms with van der Waals surface area (Å²) in [6.45, 7) is 0. The molecule has 0 saturated heterocycles. The number of esters is 1. The maximum Gasteiger partial charge on any atom is 0.308 e. The summed E-state index contributed by atoms with van der Waals surface area (Å²) >= 11 is 0. The quantitative estimate of drug-likeness (QED) is 0.617. The van der Waals surface area contributed by atoms with Crippen LogP contribution in [0.3, 0.4) is 0 Å². The van der Waals surface area contributed by atoms with Gasteiger partial charge in [0, 0.05) is 0 Å². The van der Waals surface area contributed by atoms with Gasteiger partial charge in [-0.05, 0) is 37.5 Å². The first-order chi connectivity index (χ1) is 6.22. The SMILES string of the molecule is COC(=O)C1CC2CCC1CC2O. The average Bonchev–Trinajstić information content (AvgIpc) is 2.17. The minimum absolute atomic E-state index is 0.0622. The number of methoxy groups -OCH3 is 1. The third-order valence-corrected chi connectivity index (χ3v) is 3.63. The summed E-state index contributed by atoms with van der Waals surface area (Å²) in [5.41, 5.74) is 0. The zero-order valence-electron chi connectivity index (χ0n) is 7.90. The van der Waals surface area contributed by atoms with E-state index >= 15 is 0 Å². The average molecular weight is 184 g/mol. The molecule has 0 aromatic heterocycles. The normalized spacial score (nSPS) is 43.2. The van der Waals surface area contributed by atoms with E-state index in [2.05, 4.69) is 0 Å². The molecule has 0 amide bonds. The van der Waals surface area contributed by atoms with Gasteiger partial charge in [-0.1, -0.05) is 0 Å². The molecule has 0 radical (unpaired) electrons. The van der Waals surface area contributed by atoms with Gasteiger partial charge in [-0.2, -0.15) is 0 Å². The molecule has 0 heterocycles. The van der Waals surface area contributed by atoms with Crippen molar-refractivity contribution in [3.8, 4) is 0 Å². The second-order valence-corrected chi connectivity index (χ2v) is 4.27. The van der Waals surface area contributed by atoms with Crippen molar-refractivity contribution in [2.24, 2.45) is 17.8 Å². The third-order valence-electron chi connectivity index (χ3n) is 3.63. The van der Waals surface area contributed by atoms with Crippen molar-refractivity contribution in [1.82, 2.24) is 0 Å². The second kappa shape index (κ2) is 3.29. The summed E-state index contributed by atoms with van der Waals surface area (Å²) in [7, 11) is 1.45. The molecule has 13 heavy (non-hydrogen) atoms. The van der Waals surface area contributed by atoms with Crippen LogP contribution < -0.4 is 0 Å².